The van der Waals surface area contributed by atoms with Crippen molar-refractivity contribution in [1.29, 1.82) is 0 Å². The third kappa shape index (κ3) is 5.16. The van der Waals surface area contributed by atoms with Crippen LogP contribution in [0.15, 0.2) is 30.3 Å². The summed E-state index contributed by atoms with van der Waals surface area (Å²) in [5.74, 6) is -0.0406. The minimum Gasteiger partial charge on any atom is -0.335 e. The minimum atomic E-state index is -3.44. The highest BCUT2D eigenvalue weighted by atomic mass is 32.2. The number of hydrogen-bond acceptors (Lipinski definition) is 5. The lowest BCUT2D eigenvalue weighted by Crippen LogP contribution is -2.54. The van der Waals surface area contributed by atoms with Crippen LogP contribution in [0.3, 0.4) is 0 Å². The van der Waals surface area contributed by atoms with E-state index in [0.717, 1.165) is 36.4 Å². The molecule has 0 aliphatic carbocycles. The van der Waals surface area contributed by atoms with Crippen LogP contribution in [0.4, 0.5) is 0 Å². The van der Waals surface area contributed by atoms with Gasteiger partial charge in [0.25, 0.3) is 16.1 Å². The van der Waals surface area contributed by atoms with Crippen molar-refractivity contribution in [3.8, 4) is 0 Å². The number of carbonyl (C=O) groups is 1. The van der Waals surface area contributed by atoms with Crippen molar-refractivity contribution in [3.05, 3.63) is 51.5 Å². The van der Waals surface area contributed by atoms with Gasteiger partial charge < -0.3 is 4.90 Å². The Morgan fingerprint density at radius 1 is 0.935 bits per heavy atom. The molecule has 9 heteroatoms. The Bertz CT molecular complexity index is 991. The van der Waals surface area contributed by atoms with Gasteiger partial charge in [0.2, 0.25) is 0 Å². The Morgan fingerprint density at radius 2 is 1.55 bits per heavy atom. The summed E-state index contributed by atoms with van der Waals surface area (Å²) in [6.07, 6.45) is 4.74. The molecule has 2 saturated heterocycles. The zero-order valence-corrected chi connectivity index (χ0v) is 19.6. The number of benzene rings is 1. The van der Waals surface area contributed by atoms with E-state index in [2.05, 4.69) is 17.1 Å². The average molecular weight is 463 g/mol. The molecule has 2 aliphatic heterocycles. The Labute approximate surface area is 188 Å². The third-order valence-electron chi connectivity index (χ3n) is 5.98. The molecule has 3 heterocycles. The van der Waals surface area contributed by atoms with Crippen molar-refractivity contribution in [2.24, 2.45) is 0 Å². The van der Waals surface area contributed by atoms with Crippen LogP contribution in [-0.2, 0) is 16.6 Å². The van der Waals surface area contributed by atoms with E-state index in [1.165, 1.54) is 16.9 Å². The topological polar surface area (TPSA) is 73.8 Å². The predicted octanol–water partition coefficient (Wildman–Crippen LogP) is 2.92. The maximum Gasteiger partial charge on any atom is 0.282 e. The molecule has 7 nitrogen and oxygen atoms in total. The van der Waals surface area contributed by atoms with Crippen LogP contribution in [0.25, 0.3) is 0 Å². The molecule has 2 aliphatic rings. The molecule has 1 amide bonds. The number of piperazine rings is 1. The number of hydrogen-bond donors (Lipinski definition) is 0. The number of carbonyl (C=O) groups excluding carboxylic acids is 1. The largest absolute Gasteiger partial charge is 0.335 e. The standard InChI is InChI=1S/C22H30N4O3S2/c1-18-21(30-20(23-18)17-19-9-5-4-6-10-19)22(27)24-13-15-26(16-14-24)31(28,29)25-11-7-2-3-8-12-25/h4-6,9-10H,2-3,7-8,11-17H2,1H3. The van der Waals surface area contributed by atoms with Gasteiger partial charge >= 0.3 is 0 Å². The molecule has 0 bridgehead atoms. The van der Waals surface area contributed by atoms with Crippen LogP contribution in [0.5, 0.6) is 0 Å². The van der Waals surface area contributed by atoms with E-state index in [9.17, 15) is 13.2 Å². The molecule has 4 rings (SSSR count). The van der Waals surface area contributed by atoms with Crippen molar-refractivity contribution < 1.29 is 13.2 Å². The lowest BCUT2D eigenvalue weighted by atomic mass is 10.2. The van der Waals surface area contributed by atoms with Gasteiger partial charge in [-0.3, -0.25) is 4.79 Å². The second-order valence-electron chi connectivity index (χ2n) is 8.20. The fraction of sp³-hybridized carbons (Fsp3) is 0.545. The van der Waals surface area contributed by atoms with E-state index >= 15 is 0 Å². The highest BCUT2D eigenvalue weighted by molar-refractivity contribution is 7.86. The van der Waals surface area contributed by atoms with Crippen molar-refractivity contribution in [2.45, 2.75) is 39.0 Å². The van der Waals surface area contributed by atoms with Crippen LogP contribution < -0.4 is 0 Å². The summed E-state index contributed by atoms with van der Waals surface area (Å²) in [5, 5.41) is 0.925. The van der Waals surface area contributed by atoms with Gasteiger partial charge in [0.1, 0.15) is 4.88 Å². The van der Waals surface area contributed by atoms with Crippen molar-refractivity contribution in [1.82, 2.24) is 18.5 Å². The molecule has 2 aromatic rings. The first-order valence-electron chi connectivity index (χ1n) is 11.0. The smallest absolute Gasteiger partial charge is 0.282 e. The predicted molar refractivity (Wildman–Crippen MR) is 123 cm³/mol. The van der Waals surface area contributed by atoms with Crippen LogP contribution in [0.2, 0.25) is 0 Å². The molecular formula is C22H30N4O3S2. The molecule has 31 heavy (non-hydrogen) atoms. The summed E-state index contributed by atoms with van der Waals surface area (Å²) in [7, 11) is -3.44. The SMILES string of the molecule is Cc1nc(Cc2ccccc2)sc1C(=O)N1CCN(S(=O)(=O)N2CCCCCC2)CC1. The van der Waals surface area contributed by atoms with Gasteiger partial charge in [-0.15, -0.1) is 11.3 Å². The van der Waals surface area contributed by atoms with Crippen LogP contribution in [0.1, 0.15) is 51.6 Å². The summed E-state index contributed by atoms with van der Waals surface area (Å²) < 4.78 is 29.2. The first kappa shape index (κ1) is 22.4. The van der Waals surface area contributed by atoms with Gasteiger partial charge in [-0.05, 0) is 25.3 Å². The van der Waals surface area contributed by atoms with Crippen molar-refractivity contribution in [2.75, 3.05) is 39.3 Å². The molecule has 0 spiro atoms. The molecule has 0 N–H and O–H groups in total. The van der Waals surface area contributed by atoms with Crippen LogP contribution in [0, 0.1) is 6.92 Å². The number of aryl methyl sites for hydroxylation is 1. The zero-order valence-electron chi connectivity index (χ0n) is 18.0. The maximum atomic E-state index is 13.1. The molecule has 1 aromatic heterocycles. The fourth-order valence-corrected chi connectivity index (χ4v) is 6.94. The Morgan fingerprint density at radius 3 is 2.19 bits per heavy atom. The number of aromatic nitrogens is 1. The number of rotatable bonds is 5. The van der Waals surface area contributed by atoms with Crippen LogP contribution in [-0.4, -0.2) is 72.1 Å². The van der Waals surface area contributed by atoms with Gasteiger partial charge in [0.05, 0.1) is 10.7 Å². The molecule has 0 radical (unpaired) electrons. The van der Waals surface area contributed by atoms with E-state index in [1.54, 1.807) is 13.5 Å². The maximum absolute atomic E-state index is 13.1. The highest BCUT2D eigenvalue weighted by Gasteiger charge is 2.34. The van der Waals surface area contributed by atoms with Crippen molar-refractivity contribution >= 4 is 27.5 Å². The molecule has 168 valence electrons. The van der Waals surface area contributed by atoms with Crippen molar-refractivity contribution in [3.63, 3.8) is 0 Å². The van der Waals surface area contributed by atoms with E-state index in [0.29, 0.717) is 50.6 Å². The quantitative estimate of drug-likeness (QED) is 0.685. The Balaban J connectivity index is 1.38. The number of nitrogens with zero attached hydrogens (tertiary/aromatic N) is 4. The lowest BCUT2D eigenvalue weighted by Gasteiger charge is -2.36. The molecular weight excluding hydrogens is 432 g/mol. The molecule has 1 aromatic carbocycles. The first-order chi connectivity index (χ1) is 14.9. The molecule has 0 unspecified atom stereocenters. The van der Waals surface area contributed by atoms with Gasteiger partial charge in [-0.25, -0.2) is 4.98 Å². The number of amides is 1. The summed E-state index contributed by atoms with van der Waals surface area (Å²) >= 11 is 1.45. The third-order valence-corrected chi connectivity index (χ3v) is 9.16. The van der Waals surface area contributed by atoms with Gasteiger partial charge in [0, 0.05) is 45.7 Å². The van der Waals surface area contributed by atoms with E-state index in [-0.39, 0.29) is 5.91 Å². The number of thiazole rings is 1. The second-order valence-corrected chi connectivity index (χ2v) is 11.2. The Hall–Kier alpha value is -1.81. The Kier molecular flexibility index (Phi) is 7.05. The summed E-state index contributed by atoms with van der Waals surface area (Å²) in [4.78, 5) is 20.1. The minimum absolute atomic E-state index is 0.0406. The monoisotopic (exact) mass is 462 g/mol. The van der Waals surface area contributed by atoms with E-state index in [1.807, 2.05) is 25.1 Å². The van der Waals surface area contributed by atoms with Gasteiger partial charge in [0.15, 0.2) is 0 Å². The van der Waals surface area contributed by atoms with E-state index < -0.39 is 10.2 Å². The van der Waals surface area contributed by atoms with Gasteiger partial charge in [-0.2, -0.15) is 17.0 Å². The lowest BCUT2D eigenvalue weighted by molar-refractivity contribution is 0.0698. The van der Waals surface area contributed by atoms with Gasteiger partial charge in [-0.1, -0.05) is 43.2 Å². The average Bonchev–Trinajstić information content (AvgIpc) is 2.96. The zero-order chi connectivity index (χ0) is 21.8. The summed E-state index contributed by atoms with van der Waals surface area (Å²) in [6.45, 7) is 4.60. The first-order valence-corrected chi connectivity index (χ1v) is 13.2. The normalized spacial score (nSPS) is 19.3. The summed E-state index contributed by atoms with van der Waals surface area (Å²) in [5.41, 5.74) is 1.92. The molecule has 2 fully saturated rings. The van der Waals surface area contributed by atoms with Crippen LogP contribution >= 0.6 is 11.3 Å². The fourth-order valence-electron chi connectivity index (χ4n) is 4.20. The molecule has 0 atom stereocenters. The summed E-state index contributed by atoms with van der Waals surface area (Å²) in [6, 6.07) is 10.1. The molecule has 0 saturated carbocycles. The van der Waals surface area contributed by atoms with E-state index in [4.69, 9.17) is 0 Å². The second kappa shape index (κ2) is 9.77. The highest BCUT2D eigenvalue weighted by Crippen LogP contribution is 2.24.